The molecule has 1 N–H and O–H groups in total. The zero-order valence-electron chi connectivity index (χ0n) is 8.00. The molecule has 0 aliphatic rings. The molecule has 1 rings (SSSR count). The lowest BCUT2D eigenvalue weighted by Gasteiger charge is -2.09. The fourth-order valence-corrected chi connectivity index (χ4v) is 2.01. The monoisotopic (exact) mass is 258 g/mol. The summed E-state index contributed by atoms with van der Waals surface area (Å²) in [7, 11) is 1.52. The average Bonchev–Trinajstić information content (AvgIpc) is 2.16. The molecule has 0 radical (unpaired) electrons. The number of hydrogen-bond acceptors (Lipinski definition) is 2. The van der Waals surface area contributed by atoms with Crippen molar-refractivity contribution >= 4 is 21.9 Å². The number of halogens is 1. The molecule has 0 bridgehead atoms. The third kappa shape index (κ3) is 2.07. The summed E-state index contributed by atoms with van der Waals surface area (Å²) in [5, 5.41) is 9.50. The van der Waals surface area contributed by atoms with Crippen molar-refractivity contribution in [3.05, 3.63) is 28.8 Å². The number of methoxy groups -OCH3 is 1. The minimum atomic E-state index is -0.929. The van der Waals surface area contributed by atoms with E-state index in [0.717, 1.165) is 11.1 Å². The molecule has 0 saturated carbocycles. The van der Waals surface area contributed by atoms with Crippen molar-refractivity contribution in [1.29, 1.82) is 0 Å². The number of ether oxygens (including phenoxy) is 1. The van der Waals surface area contributed by atoms with Gasteiger partial charge in [-0.15, -0.1) is 0 Å². The maximum Gasteiger partial charge on any atom is 0.336 e. The van der Waals surface area contributed by atoms with Crippen molar-refractivity contribution < 1.29 is 14.6 Å². The van der Waals surface area contributed by atoms with Crippen LogP contribution in [0.1, 0.15) is 21.5 Å². The van der Waals surface area contributed by atoms with Gasteiger partial charge in [-0.25, -0.2) is 4.79 Å². The van der Waals surface area contributed by atoms with Crippen LogP contribution >= 0.6 is 15.9 Å². The number of benzene rings is 1. The number of aryl methyl sites for hydroxylation is 1. The lowest BCUT2D eigenvalue weighted by atomic mass is 10.0. The summed E-state index contributed by atoms with van der Waals surface area (Å²) >= 11 is 3.27. The molecule has 0 aliphatic carbocycles. The summed E-state index contributed by atoms with van der Waals surface area (Å²) in [6.07, 6.45) is 0. The number of carboxylic acids is 1. The van der Waals surface area contributed by atoms with Gasteiger partial charge in [-0.2, -0.15) is 0 Å². The molecule has 0 saturated heterocycles. The Balaban J connectivity index is 3.35. The van der Waals surface area contributed by atoms with Crippen LogP contribution in [0.25, 0.3) is 0 Å². The minimum absolute atomic E-state index is 0.290. The van der Waals surface area contributed by atoms with E-state index in [1.54, 1.807) is 0 Å². The van der Waals surface area contributed by atoms with E-state index in [0.29, 0.717) is 16.6 Å². The highest BCUT2D eigenvalue weighted by molar-refractivity contribution is 9.08. The molecule has 0 heterocycles. The smallest absolute Gasteiger partial charge is 0.336 e. The average molecular weight is 259 g/mol. The van der Waals surface area contributed by atoms with Gasteiger partial charge in [0.05, 0.1) is 12.7 Å². The van der Waals surface area contributed by atoms with Crippen molar-refractivity contribution in [2.45, 2.75) is 12.3 Å². The van der Waals surface area contributed by atoms with Gasteiger partial charge >= 0.3 is 5.97 Å². The van der Waals surface area contributed by atoms with E-state index in [1.807, 2.05) is 13.0 Å². The van der Waals surface area contributed by atoms with Crippen LogP contribution in [0.2, 0.25) is 0 Å². The maximum atomic E-state index is 10.9. The summed E-state index contributed by atoms with van der Waals surface area (Å²) in [6, 6.07) is 3.36. The van der Waals surface area contributed by atoms with Crippen LogP contribution in [0.15, 0.2) is 12.1 Å². The fraction of sp³-hybridized carbons (Fsp3) is 0.300. The highest BCUT2D eigenvalue weighted by Crippen LogP contribution is 2.24. The number of alkyl halides is 1. The second-order valence-corrected chi connectivity index (χ2v) is 3.47. The third-order valence-corrected chi connectivity index (χ3v) is 2.61. The summed E-state index contributed by atoms with van der Waals surface area (Å²) in [5.74, 6) is -0.356. The molecular weight excluding hydrogens is 248 g/mol. The van der Waals surface area contributed by atoms with E-state index < -0.39 is 5.97 Å². The van der Waals surface area contributed by atoms with E-state index in [4.69, 9.17) is 9.84 Å². The lowest BCUT2D eigenvalue weighted by Crippen LogP contribution is -2.03. The zero-order valence-corrected chi connectivity index (χ0v) is 9.59. The van der Waals surface area contributed by atoms with E-state index in [2.05, 4.69) is 15.9 Å². The summed E-state index contributed by atoms with van der Waals surface area (Å²) in [6.45, 7) is 1.87. The van der Waals surface area contributed by atoms with Gasteiger partial charge in [0.2, 0.25) is 0 Å². The molecule has 0 aliphatic heterocycles. The molecule has 76 valence electrons. The van der Waals surface area contributed by atoms with Gasteiger partial charge in [0.1, 0.15) is 5.75 Å². The largest absolute Gasteiger partial charge is 0.497 e. The summed E-state index contributed by atoms with van der Waals surface area (Å²) < 4.78 is 5.01. The van der Waals surface area contributed by atoms with Gasteiger partial charge in [0, 0.05) is 5.33 Å². The predicted octanol–water partition coefficient (Wildman–Crippen LogP) is 2.60. The van der Waals surface area contributed by atoms with Gasteiger partial charge in [0.15, 0.2) is 0 Å². The number of carbonyl (C=O) groups is 1. The fourth-order valence-electron chi connectivity index (χ4n) is 1.27. The standard InChI is InChI=1S/C10H11BrO3/c1-6-3-7(14-2)4-8(10(12)13)9(6)5-11/h3-4H,5H2,1-2H3,(H,12,13). The first-order valence-electron chi connectivity index (χ1n) is 4.07. The maximum absolute atomic E-state index is 10.9. The molecule has 3 nitrogen and oxygen atoms in total. The van der Waals surface area contributed by atoms with Crippen molar-refractivity contribution in [2.24, 2.45) is 0 Å². The Labute approximate surface area is 90.8 Å². The van der Waals surface area contributed by atoms with Crippen LogP contribution < -0.4 is 4.74 Å². The second-order valence-electron chi connectivity index (χ2n) is 2.91. The van der Waals surface area contributed by atoms with Gasteiger partial charge in [-0.1, -0.05) is 15.9 Å². The highest BCUT2D eigenvalue weighted by Gasteiger charge is 2.13. The van der Waals surface area contributed by atoms with E-state index in [1.165, 1.54) is 13.2 Å². The molecule has 1 aromatic rings. The molecule has 0 amide bonds. The van der Waals surface area contributed by atoms with Crippen LogP contribution in [0.3, 0.4) is 0 Å². The highest BCUT2D eigenvalue weighted by atomic mass is 79.9. The van der Waals surface area contributed by atoms with E-state index >= 15 is 0 Å². The molecule has 0 atom stereocenters. The quantitative estimate of drug-likeness (QED) is 0.848. The molecule has 0 fully saturated rings. The number of hydrogen-bond donors (Lipinski definition) is 1. The first-order chi connectivity index (χ1) is 6.60. The van der Waals surface area contributed by atoms with Gasteiger partial charge in [-0.3, -0.25) is 0 Å². The Kier molecular flexibility index (Phi) is 3.52. The Morgan fingerprint density at radius 1 is 1.57 bits per heavy atom. The van der Waals surface area contributed by atoms with Gasteiger partial charge in [-0.05, 0) is 30.2 Å². The Morgan fingerprint density at radius 3 is 2.64 bits per heavy atom. The van der Waals surface area contributed by atoms with Crippen molar-refractivity contribution in [1.82, 2.24) is 0 Å². The Morgan fingerprint density at radius 2 is 2.21 bits per heavy atom. The Hall–Kier alpha value is -1.03. The number of aromatic carboxylic acids is 1. The molecule has 4 heteroatoms. The lowest BCUT2D eigenvalue weighted by molar-refractivity contribution is 0.0695. The van der Waals surface area contributed by atoms with Crippen LogP contribution in [0, 0.1) is 6.92 Å². The first kappa shape index (κ1) is 11.0. The van der Waals surface area contributed by atoms with Crippen LogP contribution in [-0.2, 0) is 5.33 Å². The second kappa shape index (κ2) is 4.46. The zero-order chi connectivity index (χ0) is 10.7. The molecule has 0 spiro atoms. The van der Waals surface area contributed by atoms with Crippen molar-refractivity contribution in [3.63, 3.8) is 0 Å². The topological polar surface area (TPSA) is 46.5 Å². The van der Waals surface area contributed by atoms with Gasteiger partial charge < -0.3 is 9.84 Å². The van der Waals surface area contributed by atoms with E-state index in [-0.39, 0.29) is 0 Å². The van der Waals surface area contributed by atoms with Crippen molar-refractivity contribution in [2.75, 3.05) is 7.11 Å². The van der Waals surface area contributed by atoms with Gasteiger partial charge in [0.25, 0.3) is 0 Å². The summed E-state index contributed by atoms with van der Waals surface area (Å²) in [4.78, 5) is 10.9. The SMILES string of the molecule is COc1cc(C)c(CBr)c(C(=O)O)c1. The molecule has 1 aromatic carbocycles. The molecule has 14 heavy (non-hydrogen) atoms. The first-order valence-corrected chi connectivity index (χ1v) is 5.19. The third-order valence-electron chi connectivity index (χ3n) is 2.05. The normalized spacial score (nSPS) is 9.93. The minimum Gasteiger partial charge on any atom is -0.497 e. The molecule has 0 aromatic heterocycles. The van der Waals surface area contributed by atoms with Crippen molar-refractivity contribution in [3.8, 4) is 5.75 Å². The van der Waals surface area contributed by atoms with E-state index in [9.17, 15) is 4.79 Å². The number of rotatable bonds is 3. The van der Waals surface area contributed by atoms with Crippen LogP contribution in [0.4, 0.5) is 0 Å². The van der Waals surface area contributed by atoms with Crippen LogP contribution in [0.5, 0.6) is 5.75 Å². The molecular formula is C10H11BrO3. The predicted molar refractivity (Wildman–Crippen MR) is 57.3 cm³/mol. The summed E-state index contributed by atoms with van der Waals surface area (Å²) in [5.41, 5.74) is 2.00. The molecule has 0 unspecified atom stereocenters. The number of carboxylic acid groups (broad SMARTS) is 1. The van der Waals surface area contributed by atoms with Crippen LogP contribution in [-0.4, -0.2) is 18.2 Å². The Bertz CT molecular complexity index is 361.